The largest absolute Gasteiger partial charge is 0.320 e. The number of nitrogens with one attached hydrogen (secondary N) is 2. The molecule has 1 aromatic carbocycles. The van der Waals surface area contributed by atoms with Crippen molar-refractivity contribution >= 4 is 23.3 Å². The first-order valence-corrected chi connectivity index (χ1v) is 10.3. The maximum Gasteiger partial charge on any atom is 0.295 e. The number of nitrogens with zero attached hydrogens (tertiary/aromatic N) is 4. The molecule has 2 heterocycles. The van der Waals surface area contributed by atoms with E-state index in [4.69, 9.17) is 0 Å². The Bertz CT molecular complexity index is 1170. The summed E-state index contributed by atoms with van der Waals surface area (Å²) in [5.74, 6) is -0.00493. The summed E-state index contributed by atoms with van der Waals surface area (Å²) < 4.78 is 3.23. The number of aryl methyl sites for hydroxylation is 1. The SMILES string of the molecule is Cc1ccnc(NC(=O)CN(C)CCC(=O)Nc2c(C)n(C)n(-c3ccccc3)c2=O)c1. The van der Waals surface area contributed by atoms with Crippen LogP contribution in [0, 0.1) is 13.8 Å². The summed E-state index contributed by atoms with van der Waals surface area (Å²) >= 11 is 0. The second-order valence-electron chi connectivity index (χ2n) is 7.74. The Morgan fingerprint density at radius 3 is 2.47 bits per heavy atom. The van der Waals surface area contributed by atoms with Crippen LogP contribution in [0.4, 0.5) is 11.5 Å². The zero-order valence-corrected chi connectivity index (χ0v) is 18.8. The van der Waals surface area contributed by atoms with Gasteiger partial charge in [0, 0.05) is 26.2 Å². The van der Waals surface area contributed by atoms with Gasteiger partial charge in [-0.1, -0.05) is 18.2 Å². The Kier molecular flexibility index (Phi) is 7.21. The highest BCUT2D eigenvalue weighted by atomic mass is 16.2. The van der Waals surface area contributed by atoms with Crippen molar-refractivity contribution < 1.29 is 9.59 Å². The van der Waals surface area contributed by atoms with Crippen LogP contribution in [0.25, 0.3) is 5.69 Å². The van der Waals surface area contributed by atoms with Crippen molar-refractivity contribution in [2.45, 2.75) is 20.3 Å². The number of likely N-dealkylation sites (N-methyl/N-ethyl adjacent to an activating group) is 1. The first kappa shape index (κ1) is 23.0. The number of carbonyl (C=O) groups excluding carboxylic acids is 2. The lowest BCUT2D eigenvalue weighted by Crippen LogP contribution is -2.33. The van der Waals surface area contributed by atoms with E-state index in [2.05, 4.69) is 15.6 Å². The van der Waals surface area contributed by atoms with Gasteiger partial charge in [-0.05, 0) is 50.7 Å². The number of pyridine rings is 1. The molecule has 0 atom stereocenters. The lowest BCUT2D eigenvalue weighted by atomic mass is 10.3. The van der Waals surface area contributed by atoms with Crippen molar-refractivity contribution in [3.8, 4) is 5.69 Å². The number of anilines is 2. The molecule has 0 saturated heterocycles. The van der Waals surface area contributed by atoms with Gasteiger partial charge in [0.15, 0.2) is 0 Å². The zero-order chi connectivity index (χ0) is 23.3. The fourth-order valence-electron chi connectivity index (χ4n) is 3.32. The van der Waals surface area contributed by atoms with E-state index in [0.717, 1.165) is 11.3 Å². The molecule has 0 saturated carbocycles. The zero-order valence-electron chi connectivity index (χ0n) is 18.8. The monoisotopic (exact) mass is 436 g/mol. The van der Waals surface area contributed by atoms with E-state index >= 15 is 0 Å². The summed E-state index contributed by atoms with van der Waals surface area (Å²) in [6.07, 6.45) is 1.78. The van der Waals surface area contributed by atoms with Gasteiger partial charge in [-0.15, -0.1) is 0 Å². The van der Waals surface area contributed by atoms with Crippen molar-refractivity contribution in [2.75, 3.05) is 30.8 Å². The number of rotatable bonds is 8. The lowest BCUT2D eigenvalue weighted by molar-refractivity contribution is -0.119. The van der Waals surface area contributed by atoms with E-state index in [-0.39, 0.29) is 36.0 Å². The standard InChI is InChI=1S/C23H28N6O3/c1-16-10-12-24-19(14-16)25-21(31)15-27(3)13-11-20(30)26-22-17(2)28(4)29(23(22)32)18-8-6-5-7-9-18/h5-10,12,14H,11,13,15H2,1-4H3,(H,26,30)(H,24,25,31). The van der Waals surface area contributed by atoms with Crippen LogP contribution in [0.1, 0.15) is 17.7 Å². The third-order valence-corrected chi connectivity index (χ3v) is 5.14. The van der Waals surface area contributed by atoms with E-state index in [0.29, 0.717) is 18.1 Å². The van der Waals surface area contributed by atoms with Gasteiger partial charge in [0.2, 0.25) is 11.8 Å². The lowest BCUT2D eigenvalue weighted by Gasteiger charge is -2.15. The topological polar surface area (TPSA) is 101 Å². The molecule has 2 amide bonds. The summed E-state index contributed by atoms with van der Waals surface area (Å²) in [4.78, 5) is 43.4. The van der Waals surface area contributed by atoms with Crippen molar-refractivity contribution in [3.63, 3.8) is 0 Å². The van der Waals surface area contributed by atoms with Crippen molar-refractivity contribution in [1.29, 1.82) is 0 Å². The minimum absolute atomic E-state index is 0.119. The Morgan fingerprint density at radius 1 is 1.06 bits per heavy atom. The molecule has 0 unspecified atom stereocenters. The number of benzene rings is 1. The van der Waals surface area contributed by atoms with Gasteiger partial charge < -0.3 is 10.6 Å². The quantitative estimate of drug-likeness (QED) is 0.563. The van der Waals surface area contributed by atoms with E-state index in [9.17, 15) is 14.4 Å². The van der Waals surface area contributed by atoms with Crippen LogP contribution in [-0.4, -0.2) is 51.2 Å². The number of hydrogen-bond acceptors (Lipinski definition) is 5. The molecule has 0 spiro atoms. The molecule has 9 heteroatoms. The normalized spacial score (nSPS) is 10.9. The highest BCUT2D eigenvalue weighted by Crippen LogP contribution is 2.14. The Hall–Kier alpha value is -3.72. The molecule has 9 nitrogen and oxygen atoms in total. The minimum Gasteiger partial charge on any atom is -0.320 e. The second kappa shape index (κ2) is 10.1. The van der Waals surface area contributed by atoms with Crippen LogP contribution in [0.15, 0.2) is 53.5 Å². The smallest absolute Gasteiger partial charge is 0.295 e. The Balaban J connectivity index is 1.56. The maximum atomic E-state index is 12.9. The predicted molar refractivity (Wildman–Crippen MR) is 124 cm³/mol. The highest BCUT2D eigenvalue weighted by Gasteiger charge is 2.18. The van der Waals surface area contributed by atoms with Gasteiger partial charge in [-0.3, -0.25) is 24.0 Å². The number of aromatic nitrogens is 3. The first-order chi connectivity index (χ1) is 15.3. The van der Waals surface area contributed by atoms with E-state index in [1.807, 2.05) is 43.3 Å². The molecule has 0 aliphatic carbocycles. The average Bonchev–Trinajstić information content (AvgIpc) is 2.96. The molecule has 168 valence electrons. The van der Waals surface area contributed by atoms with E-state index in [1.165, 1.54) is 4.68 Å². The molecular formula is C23H28N6O3. The fraction of sp³-hybridized carbons (Fsp3) is 0.304. The number of hydrogen-bond donors (Lipinski definition) is 2. The van der Waals surface area contributed by atoms with Crippen LogP contribution in [0.3, 0.4) is 0 Å². The van der Waals surface area contributed by atoms with Crippen LogP contribution >= 0.6 is 0 Å². The van der Waals surface area contributed by atoms with Crippen molar-refractivity contribution in [1.82, 2.24) is 19.2 Å². The van der Waals surface area contributed by atoms with Gasteiger partial charge in [-0.25, -0.2) is 9.67 Å². The summed E-state index contributed by atoms with van der Waals surface area (Å²) in [6, 6.07) is 12.9. The molecule has 3 rings (SSSR count). The third kappa shape index (κ3) is 5.50. The van der Waals surface area contributed by atoms with Gasteiger partial charge in [-0.2, -0.15) is 0 Å². The van der Waals surface area contributed by atoms with E-state index < -0.39 is 0 Å². The minimum atomic E-state index is -0.289. The van der Waals surface area contributed by atoms with Crippen LogP contribution in [0.5, 0.6) is 0 Å². The number of carbonyl (C=O) groups is 2. The van der Waals surface area contributed by atoms with Gasteiger partial charge in [0.25, 0.3) is 5.56 Å². The summed E-state index contributed by atoms with van der Waals surface area (Å²) in [7, 11) is 3.53. The van der Waals surface area contributed by atoms with E-state index in [1.54, 1.807) is 42.9 Å². The molecule has 0 radical (unpaired) electrons. The first-order valence-electron chi connectivity index (χ1n) is 10.3. The van der Waals surface area contributed by atoms with Crippen molar-refractivity contribution in [3.05, 3.63) is 70.3 Å². The maximum absolute atomic E-state index is 12.9. The van der Waals surface area contributed by atoms with Crippen LogP contribution in [0.2, 0.25) is 0 Å². The second-order valence-corrected chi connectivity index (χ2v) is 7.74. The number of amides is 2. The van der Waals surface area contributed by atoms with Gasteiger partial charge in [0.05, 0.1) is 17.9 Å². The third-order valence-electron chi connectivity index (χ3n) is 5.14. The molecule has 0 aliphatic rings. The van der Waals surface area contributed by atoms with Crippen LogP contribution < -0.4 is 16.2 Å². The molecule has 0 aliphatic heterocycles. The average molecular weight is 437 g/mol. The molecule has 32 heavy (non-hydrogen) atoms. The summed E-state index contributed by atoms with van der Waals surface area (Å²) in [5.41, 5.74) is 2.35. The highest BCUT2D eigenvalue weighted by molar-refractivity contribution is 5.92. The summed E-state index contributed by atoms with van der Waals surface area (Å²) in [6.45, 7) is 4.19. The molecule has 0 fully saturated rings. The Labute approximate surface area is 186 Å². The molecule has 2 N–H and O–H groups in total. The van der Waals surface area contributed by atoms with Gasteiger partial charge in [0.1, 0.15) is 11.5 Å². The van der Waals surface area contributed by atoms with Gasteiger partial charge >= 0.3 is 0 Å². The Morgan fingerprint density at radius 2 is 1.78 bits per heavy atom. The summed E-state index contributed by atoms with van der Waals surface area (Å²) in [5, 5.41) is 5.48. The molecule has 3 aromatic rings. The molecular weight excluding hydrogens is 408 g/mol. The van der Waals surface area contributed by atoms with Crippen LogP contribution in [-0.2, 0) is 16.6 Å². The predicted octanol–water partition coefficient (Wildman–Crippen LogP) is 2.09. The van der Waals surface area contributed by atoms with Crippen molar-refractivity contribution in [2.24, 2.45) is 7.05 Å². The number of para-hydroxylation sites is 1. The molecule has 2 aromatic heterocycles. The fourth-order valence-corrected chi connectivity index (χ4v) is 3.32. The molecule has 0 bridgehead atoms.